The molecule has 15 nitrogen and oxygen atoms in total. The van der Waals surface area contributed by atoms with Crippen molar-refractivity contribution in [3.63, 3.8) is 0 Å². The van der Waals surface area contributed by atoms with Crippen LogP contribution in [0.1, 0.15) is 5.56 Å². The van der Waals surface area contributed by atoms with Gasteiger partial charge in [-0.2, -0.15) is 0 Å². The predicted octanol–water partition coefficient (Wildman–Crippen LogP) is -4.71. The van der Waals surface area contributed by atoms with Crippen molar-refractivity contribution in [2.75, 3.05) is 26.4 Å². The zero-order chi connectivity index (χ0) is 28.3. The first-order valence-electron chi connectivity index (χ1n) is 12.5. The molecule has 9 N–H and O–H groups in total. The van der Waals surface area contributed by atoms with Crippen LogP contribution in [0.15, 0.2) is 30.3 Å². The fourth-order valence-corrected chi connectivity index (χ4v) is 4.53. The minimum absolute atomic E-state index is 0.0234. The van der Waals surface area contributed by atoms with Gasteiger partial charge in [-0.05, 0) is 5.56 Å². The van der Waals surface area contributed by atoms with E-state index in [2.05, 4.69) is 0 Å². The molecule has 0 spiro atoms. The van der Waals surface area contributed by atoms with Gasteiger partial charge in [-0.3, -0.25) is 0 Å². The van der Waals surface area contributed by atoms with Gasteiger partial charge in [0.15, 0.2) is 18.9 Å². The van der Waals surface area contributed by atoms with Gasteiger partial charge in [0.1, 0.15) is 60.5 Å². The first kappa shape index (κ1) is 30.6. The van der Waals surface area contributed by atoms with Gasteiger partial charge in [0.25, 0.3) is 0 Å². The highest BCUT2D eigenvalue weighted by Gasteiger charge is 2.52. The summed E-state index contributed by atoms with van der Waals surface area (Å²) in [6, 6.07) is 8.89. The number of hydrogen-bond donors (Lipinski definition) is 9. The van der Waals surface area contributed by atoms with E-state index in [4.69, 9.17) is 28.4 Å². The Bertz CT molecular complexity index is 892. The van der Waals surface area contributed by atoms with Crippen LogP contribution in [0.2, 0.25) is 0 Å². The molecule has 0 amide bonds. The van der Waals surface area contributed by atoms with Gasteiger partial charge in [-0.25, -0.2) is 0 Å². The second kappa shape index (κ2) is 13.1. The summed E-state index contributed by atoms with van der Waals surface area (Å²) in [6.07, 6.45) is -18.6. The van der Waals surface area contributed by atoms with Gasteiger partial charge in [0.05, 0.1) is 33.0 Å². The van der Waals surface area contributed by atoms with Crippen LogP contribution in [-0.4, -0.2) is 152 Å². The van der Waals surface area contributed by atoms with Crippen LogP contribution in [0.3, 0.4) is 0 Å². The Morgan fingerprint density at radius 3 is 2.08 bits per heavy atom. The van der Waals surface area contributed by atoms with Crippen molar-refractivity contribution in [3.05, 3.63) is 35.9 Å². The predicted molar refractivity (Wildman–Crippen MR) is 124 cm³/mol. The van der Waals surface area contributed by atoms with E-state index in [1.165, 1.54) is 0 Å². The van der Waals surface area contributed by atoms with Crippen molar-refractivity contribution in [3.8, 4) is 0 Å². The topological polar surface area (TPSA) is 237 Å². The van der Waals surface area contributed by atoms with Crippen molar-refractivity contribution in [1.82, 2.24) is 0 Å². The van der Waals surface area contributed by atoms with Crippen LogP contribution in [0.5, 0.6) is 0 Å². The summed E-state index contributed by atoms with van der Waals surface area (Å²) in [4.78, 5) is 0. The number of ether oxygens (including phenoxy) is 6. The summed E-state index contributed by atoms with van der Waals surface area (Å²) in [6.45, 7) is -2.35. The monoisotopic (exact) mass is 564 g/mol. The summed E-state index contributed by atoms with van der Waals surface area (Å²) in [5.41, 5.74) is -1.20. The molecule has 3 fully saturated rings. The smallest absolute Gasteiger partial charge is 0.187 e. The van der Waals surface area contributed by atoms with Crippen molar-refractivity contribution < 1.29 is 74.4 Å². The van der Waals surface area contributed by atoms with E-state index in [0.717, 1.165) is 5.56 Å². The van der Waals surface area contributed by atoms with Gasteiger partial charge in [-0.15, -0.1) is 0 Å². The number of rotatable bonds is 10. The van der Waals surface area contributed by atoms with E-state index >= 15 is 0 Å². The Kier molecular flexibility index (Phi) is 10.2. The van der Waals surface area contributed by atoms with Crippen molar-refractivity contribution >= 4 is 0 Å². The Morgan fingerprint density at radius 1 is 0.769 bits per heavy atom. The maximum Gasteiger partial charge on any atom is 0.187 e. The Labute approximate surface area is 223 Å². The summed E-state index contributed by atoms with van der Waals surface area (Å²) in [5.74, 6) is 0. The molecule has 13 atom stereocenters. The molecule has 39 heavy (non-hydrogen) atoms. The van der Waals surface area contributed by atoms with Gasteiger partial charge < -0.3 is 74.4 Å². The van der Waals surface area contributed by atoms with Gasteiger partial charge >= 0.3 is 0 Å². The summed E-state index contributed by atoms with van der Waals surface area (Å²) in [5, 5.41) is 91.3. The molecule has 3 aliphatic heterocycles. The van der Waals surface area contributed by atoms with Crippen LogP contribution < -0.4 is 0 Å². The highest BCUT2D eigenvalue weighted by Crippen LogP contribution is 2.31. The summed E-state index contributed by atoms with van der Waals surface area (Å²) >= 11 is 0. The molecule has 15 heteroatoms. The third kappa shape index (κ3) is 6.59. The molecule has 3 aliphatic rings. The Morgan fingerprint density at radius 2 is 1.44 bits per heavy atom. The van der Waals surface area contributed by atoms with Crippen LogP contribution in [0.25, 0.3) is 0 Å². The number of hydrogen-bond acceptors (Lipinski definition) is 15. The quantitative estimate of drug-likeness (QED) is 0.130. The van der Waals surface area contributed by atoms with Crippen LogP contribution in [0.4, 0.5) is 0 Å². The Balaban J connectivity index is 1.47. The summed E-state index contributed by atoms with van der Waals surface area (Å²) < 4.78 is 33.3. The molecule has 4 rings (SSSR count). The zero-order valence-corrected chi connectivity index (χ0v) is 20.8. The molecule has 3 heterocycles. The van der Waals surface area contributed by atoms with E-state index in [9.17, 15) is 46.0 Å². The average molecular weight is 565 g/mol. The lowest BCUT2D eigenvalue weighted by atomic mass is 9.97. The lowest BCUT2D eigenvalue weighted by Crippen LogP contribution is -2.64. The summed E-state index contributed by atoms with van der Waals surface area (Å²) in [7, 11) is 0. The van der Waals surface area contributed by atoms with E-state index in [-0.39, 0.29) is 6.61 Å². The van der Waals surface area contributed by atoms with Crippen LogP contribution >= 0.6 is 0 Å². The molecule has 0 radical (unpaired) electrons. The molecule has 0 bridgehead atoms. The minimum atomic E-state index is -1.93. The van der Waals surface area contributed by atoms with Gasteiger partial charge in [0.2, 0.25) is 0 Å². The third-order valence-corrected chi connectivity index (χ3v) is 7.05. The fourth-order valence-electron chi connectivity index (χ4n) is 4.53. The highest BCUT2D eigenvalue weighted by atomic mass is 16.8. The van der Waals surface area contributed by atoms with E-state index < -0.39 is 106 Å². The van der Waals surface area contributed by atoms with Crippen molar-refractivity contribution in [1.29, 1.82) is 0 Å². The number of benzene rings is 1. The lowest BCUT2D eigenvalue weighted by molar-refractivity contribution is -0.370. The van der Waals surface area contributed by atoms with Crippen molar-refractivity contribution in [2.24, 2.45) is 0 Å². The number of aliphatic hydroxyl groups excluding tert-OH is 8. The first-order chi connectivity index (χ1) is 18.6. The fraction of sp³-hybridized carbons (Fsp3) is 0.750. The molecule has 0 aliphatic carbocycles. The highest BCUT2D eigenvalue weighted by molar-refractivity contribution is 5.13. The Hall–Kier alpha value is -1.38. The molecule has 1 aromatic carbocycles. The molecular weight excluding hydrogens is 528 g/mol. The normalized spacial score (nSPS) is 44.9. The molecule has 0 unspecified atom stereocenters. The molecular formula is C24H36O15. The zero-order valence-electron chi connectivity index (χ0n) is 20.8. The molecule has 1 aromatic rings. The SMILES string of the molecule is OC[C@H]1O[C@@H](O[C@H]2[C@H](OCc3ccccc3)O[C@H](CO[C@@H]3OC[C@](O)(CO)[C@H]3O)[C@@H](O)[C@@H]2O)[C@H](O)[C@@H](O)[C@@H]1O. The second-order valence-corrected chi connectivity index (χ2v) is 9.84. The van der Waals surface area contributed by atoms with Crippen LogP contribution in [-0.2, 0) is 35.0 Å². The maximum absolute atomic E-state index is 11.0. The maximum atomic E-state index is 11.0. The van der Waals surface area contributed by atoms with Gasteiger partial charge in [-0.1, -0.05) is 30.3 Å². The lowest BCUT2D eigenvalue weighted by Gasteiger charge is -2.46. The van der Waals surface area contributed by atoms with E-state index in [1.807, 2.05) is 0 Å². The van der Waals surface area contributed by atoms with E-state index in [0.29, 0.717) is 0 Å². The molecule has 0 aromatic heterocycles. The molecule has 3 saturated heterocycles. The molecule has 222 valence electrons. The second-order valence-electron chi connectivity index (χ2n) is 9.84. The standard InChI is InChI=1S/C24H36O15/c25-6-12-14(27)16(29)18(31)21(37-12)39-19-17(30)15(28)13(8-35-23-20(32)24(33,9-26)10-36-23)38-22(19)34-7-11-4-2-1-3-5-11/h1-5,12-23,25-33H,6-10H2/t12-,13-,14-,15-,16+,17+,18-,19-,20+,21+,22-,23-,24-/m1/s1. The molecule has 0 saturated carbocycles. The van der Waals surface area contributed by atoms with Crippen molar-refractivity contribution in [2.45, 2.75) is 86.0 Å². The van der Waals surface area contributed by atoms with E-state index in [1.54, 1.807) is 30.3 Å². The first-order valence-corrected chi connectivity index (χ1v) is 12.5. The van der Waals surface area contributed by atoms with Crippen LogP contribution in [0, 0.1) is 0 Å². The third-order valence-electron chi connectivity index (χ3n) is 7.05. The largest absolute Gasteiger partial charge is 0.394 e. The average Bonchev–Trinajstić information content (AvgIpc) is 3.24. The minimum Gasteiger partial charge on any atom is -0.394 e. The van der Waals surface area contributed by atoms with Gasteiger partial charge in [0, 0.05) is 0 Å². The number of aliphatic hydroxyl groups is 9.